The van der Waals surface area contributed by atoms with Crippen LogP contribution < -0.4 is 0 Å². The van der Waals surface area contributed by atoms with Crippen molar-refractivity contribution in [3.05, 3.63) is 58.4 Å². The van der Waals surface area contributed by atoms with E-state index in [2.05, 4.69) is 48.9 Å². The van der Waals surface area contributed by atoms with Gasteiger partial charge in [-0.1, -0.05) is 35.9 Å². The van der Waals surface area contributed by atoms with Gasteiger partial charge in [0.1, 0.15) is 11.3 Å². The highest BCUT2D eigenvalue weighted by molar-refractivity contribution is 6.36. The first-order chi connectivity index (χ1) is 23.9. The van der Waals surface area contributed by atoms with Crippen LogP contribution in [0, 0.1) is 19.3 Å². The van der Waals surface area contributed by atoms with Gasteiger partial charge in [0, 0.05) is 72.4 Å². The SMILES string of the molecule is Cc1cc2c(cnn2C2CCCCO2)c(-c2c(-c3ccc(CN4CCCC4=O)cc3)nn(C3CC4(C3)CN(C(=O)OC(C)(C)C)C4)c2C)c1Cl. The van der Waals surface area contributed by atoms with Crippen LogP contribution in [0.5, 0.6) is 0 Å². The Morgan fingerprint density at radius 3 is 2.48 bits per heavy atom. The zero-order chi connectivity index (χ0) is 34.9. The van der Waals surface area contributed by atoms with E-state index in [9.17, 15) is 9.59 Å². The topological polar surface area (TPSA) is 94.7 Å². The van der Waals surface area contributed by atoms with Crippen LogP contribution in [0.25, 0.3) is 33.3 Å². The number of rotatable bonds is 6. The van der Waals surface area contributed by atoms with Gasteiger partial charge < -0.3 is 19.3 Å². The number of benzene rings is 2. The fraction of sp³-hybridized carbons (Fsp3) is 0.538. The van der Waals surface area contributed by atoms with Gasteiger partial charge in [0.2, 0.25) is 5.91 Å². The summed E-state index contributed by atoms with van der Waals surface area (Å²) in [5.41, 5.74) is 7.59. The van der Waals surface area contributed by atoms with Crippen LogP contribution in [0.3, 0.4) is 0 Å². The molecule has 0 N–H and O–H groups in total. The number of ether oxygens (including phenoxy) is 2. The van der Waals surface area contributed by atoms with Crippen molar-refractivity contribution in [2.45, 2.75) is 104 Å². The Hall–Kier alpha value is -3.89. The number of amides is 2. The molecule has 1 aliphatic carbocycles. The first kappa shape index (κ1) is 33.3. The summed E-state index contributed by atoms with van der Waals surface area (Å²) in [4.78, 5) is 28.8. The normalized spacial score (nSPS) is 20.8. The fourth-order valence-corrected chi connectivity index (χ4v) is 8.76. The lowest BCUT2D eigenvalue weighted by Crippen LogP contribution is -2.64. The van der Waals surface area contributed by atoms with Crippen molar-refractivity contribution in [2.75, 3.05) is 26.2 Å². The summed E-state index contributed by atoms with van der Waals surface area (Å²) in [6, 6.07) is 10.8. The Bertz CT molecular complexity index is 1950. The average molecular weight is 699 g/mol. The van der Waals surface area contributed by atoms with Crippen LogP contribution in [0.4, 0.5) is 4.79 Å². The van der Waals surface area contributed by atoms with Crippen molar-refractivity contribution in [1.82, 2.24) is 29.4 Å². The van der Waals surface area contributed by atoms with Crippen molar-refractivity contribution in [3.8, 4) is 22.4 Å². The van der Waals surface area contributed by atoms with Gasteiger partial charge in [0.05, 0.1) is 22.8 Å². The largest absolute Gasteiger partial charge is 0.444 e. The quantitative estimate of drug-likeness (QED) is 0.201. The summed E-state index contributed by atoms with van der Waals surface area (Å²) >= 11 is 7.28. The number of fused-ring (bicyclic) bond motifs is 1. The molecule has 1 spiro atoms. The van der Waals surface area contributed by atoms with E-state index in [1.54, 1.807) is 0 Å². The molecular weight excluding hydrogens is 652 g/mol. The highest BCUT2D eigenvalue weighted by Crippen LogP contribution is 2.55. The molecule has 8 rings (SSSR count). The Morgan fingerprint density at radius 1 is 1.06 bits per heavy atom. The van der Waals surface area contributed by atoms with Crippen LogP contribution in [-0.4, -0.2) is 73.2 Å². The van der Waals surface area contributed by atoms with E-state index < -0.39 is 5.60 Å². The molecule has 3 saturated heterocycles. The predicted molar refractivity (Wildman–Crippen MR) is 193 cm³/mol. The summed E-state index contributed by atoms with van der Waals surface area (Å²) in [6.07, 6.45) is 8.17. The molecule has 50 heavy (non-hydrogen) atoms. The van der Waals surface area contributed by atoms with Gasteiger partial charge in [-0.3, -0.25) is 9.48 Å². The van der Waals surface area contributed by atoms with Gasteiger partial charge in [-0.05, 0) is 90.3 Å². The van der Waals surface area contributed by atoms with Crippen LogP contribution in [0.15, 0.2) is 36.5 Å². The molecule has 1 saturated carbocycles. The molecular formula is C39H47ClN6O4. The maximum atomic E-state index is 12.7. The lowest BCUT2D eigenvalue weighted by atomic mass is 9.61. The third-order valence-corrected chi connectivity index (χ3v) is 11.5. The zero-order valence-corrected chi connectivity index (χ0v) is 30.6. The molecule has 4 aromatic rings. The van der Waals surface area contributed by atoms with Gasteiger partial charge in [-0.15, -0.1) is 0 Å². The molecule has 2 aromatic heterocycles. The number of hydrogen-bond donors (Lipinski definition) is 0. The second-order valence-electron chi connectivity index (χ2n) is 16.0. The third kappa shape index (κ3) is 5.88. The molecule has 11 heteroatoms. The summed E-state index contributed by atoms with van der Waals surface area (Å²) in [5, 5.41) is 11.9. The van der Waals surface area contributed by atoms with E-state index in [0.29, 0.717) is 31.1 Å². The molecule has 2 aromatic carbocycles. The molecule has 4 aliphatic rings. The van der Waals surface area contributed by atoms with Crippen molar-refractivity contribution in [1.29, 1.82) is 0 Å². The van der Waals surface area contributed by atoms with E-state index in [4.69, 9.17) is 31.3 Å². The predicted octanol–water partition coefficient (Wildman–Crippen LogP) is 8.23. The first-order valence-corrected chi connectivity index (χ1v) is 18.5. The molecule has 0 radical (unpaired) electrons. The van der Waals surface area contributed by atoms with Crippen LogP contribution in [0.1, 0.15) is 94.8 Å². The molecule has 1 atom stereocenters. The molecule has 3 aliphatic heterocycles. The molecule has 2 amide bonds. The maximum Gasteiger partial charge on any atom is 0.410 e. The number of hydrogen-bond acceptors (Lipinski definition) is 6. The van der Waals surface area contributed by atoms with Gasteiger partial charge in [0.15, 0.2) is 6.23 Å². The average Bonchev–Trinajstić information content (AvgIpc) is 3.74. The number of aromatic nitrogens is 4. The first-order valence-electron chi connectivity index (χ1n) is 18.1. The Kier molecular flexibility index (Phi) is 8.25. The van der Waals surface area contributed by atoms with Crippen molar-refractivity contribution in [3.63, 3.8) is 0 Å². The van der Waals surface area contributed by atoms with E-state index in [-0.39, 0.29) is 29.7 Å². The number of carbonyl (C=O) groups excluding carboxylic acids is 2. The van der Waals surface area contributed by atoms with Crippen LogP contribution in [0.2, 0.25) is 5.02 Å². The van der Waals surface area contributed by atoms with Crippen molar-refractivity contribution in [2.24, 2.45) is 5.41 Å². The number of aryl methyl sites for hydroxylation is 1. The summed E-state index contributed by atoms with van der Waals surface area (Å²) in [6.45, 7) is 13.5. The third-order valence-electron chi connectivity index (χ3n) is 11.0. The van der Waals surface area contributed by atoms with Gasteiger partial charge in [-0.25, -0.2) is 9.48 Å². The minimum absolute atomic E-state index is 0.0955. The minimum Gasteiger partial charge on any atom is -0.444 e. The summed E-state index contributed by atoms with van der Waals surface area (Å²) in [5.74, 6) is 0.224. The summed E-state index contributed by atoms with van der Waals surface area (Å²) in [7, 11) is 0. The number of carbonyl (C=O) groups is 2. The number of halogens is 1. The monoisotopic (exact) mass is 698 g/mol. The van der Waals surface area contributed by atoms with Crippen LogP contribution in [-0.2, 0) is 20.8 Å². The standard InChI is InChI=1S/C39H47ClN6O4/c1-24-17-30-29(20-41-46(30)32-10-6-7-16-49-32)34(35(24)40)33-25(2)45(28-18-39(19-28)22-44(23-39)37(48)50-38(3,4)5)42-36(33)27-13-11-26(12-14-27)21-43-15-8-9-31(43)47/h11-14,17,20,28,32H,6-10,15-16,18-19,21-23H2,1-5H3. The lowest BCUT2D eigenvalue weighted by Gasteiger charge is -2.58. The highest BCUT2D eigenvalue weighted by atomic mass is 35.5. The Balaban J connectivity index is 1.16. The second kappa shape index (κ2) is 12.4. The van der Waals surface area contributed by atoms with E-state index in [1.165, 1.54) is 0 Å². The van der Waals surface area contributed by atoms with Gasteiger partial charge in [0.25, 0.3) is 0 Å². The highest BCUT2D eigenvalue weighted by Gasteiger charge is 2.55. The number of likely N-dealkylation sites (tertiary alicyclic amines) is 2. The van der Waals surface area contributed by atoms with E-state index >= 15 is 0 Å². The molecule has 5 heterocycles. The molecule has 0 bridgehead atoms. The number of nitrogens with zero attached hydrogens (tertiary/aromatic N) is 6. The Labute approximate surface area is 298 Å². The smallest absolute Gasteiger partial charge is 0.410 e. The van der Waals surface area contributed by atoms with Crippen molar-refractivity contribution < 1.29 is 19.1 Å². The fourth-order valence-electron chi connectivity index (χ4n) is 8.51. The van der Waals surface area contributed by atoms with E-state index in [1.807, 2.05) is 41.4 Å². The zero-order valence-electron chi connectivity index (χ0n) is 29.8. The molecule has 4 fully saturated rings. The van der Waals surface area contributed by atoms with E-state index in [0.717, 1.165) is 102 Å². The lowest BCUT2D eigenvalue weighted by molar-refractivity contribution is -0.128. The molecule has 1 unspecified atom stereocenters. The molecule has 10 nitrogen and oxygen atoms in total. The second-order valence-corrected chi connectivity index (χ2v) is 16.4. The minimum atomic E-state index is -0.507. The van der Waals surface area contributed by atoms with Gasteiger partial charge >= 0.3 is 6.09 Å². The van der Waals surface area contributed by atoms with Gasteiger partial charge in [-0.2, -0.15) is 10.2 Å². The maximum absolute atomic E-state index is 12.7. The van der Waals surface area contributed by atoms with Crippen molar-refractivity contribution >= 4 is 34.5 Å². The van der Waals surface area contributed by atoms with Crippen LogP contribution >= 0.6 is 11.6 Å². The Morgan fingerprint density at radius 2 is 1.82 bits per heavy atom. The molecule has 264 valence electrons. The summed E-state index contributed by atoms with van der Waals surface area (Å²) < 4.78 is 16.0.